The van der Waals surface area contributed by atoms with Gasteiger partial charge in [0, 0.05) is 38.8 Å². The fraction of sp³-hybridized carbons (Fsp3) is 0.409. The van der Waals surface area contributed by atoms with Crippen molar-refractivity contribution in [2.75, 3.05) is 31.1 Å². The minimum atomic E-state index is -0.693. The highest BCUT2D eigenvalue weighted by molar-refractivity contribution is 6.36. The summed E-state index contributed by atoms with van der Waals surface area (Å²) in [7, 11) is 0. The van der Waals surface area contributed by atoms with Gasteiger partial charge in [-0.1, -0.05) is 67.4 Å². The van der Waals surface area contributed by atoms with Gasteiger partial charge < -0.3 is 15.1 Å². The van der Waals surface area contributed by atoms with E-state index in [2.05, 4.69) is 10.3 Å². The molecule has 2 amide bonds. The van der Waals surface area contributed by atoms with Gasteiger partial charge in [0.05, 0.1) is 10.0 Å². The summed E-state index contributed by atoms with van der Waals surface area (Å²) < 4.78 is 0. The van der Waals surface area contributed by atoms with Crippen molar-refractivity contribution in [3.8, 4) is 0 Å². The van der Waals surface area contributed by atoms with E-state index in [0.717, 1.165) is 5.56 Å². The van der Waals surface area contributed by atoms with Gasteiger partial charge in [-0.25, -0.2) is 4.98 Å². The molecule has 8 heteroatoms. The third kappa shape index (κ3) is 5.64. The number of nitrogens with one attached hydrogen (secondary N) is 1. The number of halogens is 2. The van der Waals surface area contributed by atoms with Crippen molar-refractivity contribution in [3.63, 3.8) is 0 Å². The average molecular weight is 449 g/mol. The summed E-state index contributed by atoms with van der Waals surface area (Å²) >= 11 is 12.2. The molecule has 6 nitrogen and oxygen atoms in total. The standard InChI is InChI=1S/C22H26Cl2N4O2/c1-15(2)12-19(29)26-20(16-6-4-3-5-7-16)22(30)28-10-8-27(9-11-28)21-18(24)13-17(23)14-25-21/h3-7,13-15,20H,8-12H2,1-2H3,(H,26,29). The molecular weight excluding hydrogens is 423 g/mol. The molecule has 1 unspecified atom stereocenters. The molecule has 0 radical (unpaired) electrons. The number of nitrogens with zero attached hydrogens (tertiary/aromatic N) is 3. The summed E-state index contributed by atoms with van der Waals surface area (Å²) in [6.07, 6.45) is 1.95. The molecule has 1 aromatic heterocycles. The summed E-state index contributed by atoms with van der Waals surface area (Å²) in [6.45, 7) is 6.19. The highest BCUT2D eigenvalue weighted by atomic mass is 35.5. The van der Waals surface area contributed by atoms with Crippen LogP contribution in [0.2, 0.25) is 10.0 Å². The van der Waals surface area contributed by atoms with Gasteiger partial charge in [-0.05, 0) is 17.5 Å². The van der Waals surface area contributed by atoms with E-state index in [1.807, 2.05) is 49.1 Å². The summed E-state index contributed by atoms with van der Waals surface area (Å²) in [5.74, 6) is 0.658. The number of benzene rings is 1. The molecule has 1 aromatic carbocycles. The second-order valence-corrected chi connectivity index (χ2v) is 8.62. The van der Waals surface area contributed by atoms with Gasteiger partial charge in [-0.3, -0.25) is 9.59 Å². The second kappa shape index (κ2) is 10.1. The van der Waals surface area contributed by atoms with E-state index in [1.54, 1.807) is 17.2 Å². The van der Waals surface area contributed by atoms with E-state index in [-0.39, 0.29) is 17.7 Å². The van der Waals surface area contributed by atoms with E-state index in [1.165, 1.54) is 0 Å². The van der Waals surface area contributed by atoms with Crippen molar-refractivity contribution < 1.29 is 9.59 Å². The first-order valence-electron chi connectivity index (χ1n) is 10.0. The van der Waals surface area contributed by atoms with Crippen LogP contribution in [-0.4, -0.2) is 47.9 Å². The third-order valence-electron chi connectivity index (χ3n) is 4.96. The Morgan fingerprint density at radius 2 is 1.77 bits per heavy atom. The Morgan fingerprint density at radius 3 is 2.37 bits per heavy atom. The van der Waals surface area contributed by atoms with Crippen LogP contribution >= 0.6 is 23.2 Å². The minimum Gasteiger partial charge on any atom is -0.352 e. The predicted molar refractivity (Wildman–Crippen MR) is 120 cm³/mol. The van der Waals surface area contributed by atoms with E-state index in [0.29, 0.717) is 48.5 Å². The zero-order valence-corrected chi connectivity index (χ0v) is 18.7. The Morgan fingerprint density at radius 1 is 1.10 bits per heavy atom. The first-order valence-corrected chi connectivity index (χ1v) is 10.8. The van der Waals surface area contributed by atoms with Crippen LogP contribution in [0.5, 0.6) is 0 Å². The van der Waals surface area contributed by atoms with Crippen LogP contribution in [0.1, 0.15) is 31.9 Å². The maximum Gasteiger partial charge on any atom is 0.249 e. The number of amides is 2. The molecule has 0 aliphatic carbocycles. The number of hydrogen-bond donors (Lipinski definition) is 1. The molecule has 1 aliphatic heterocycles. The maximum absolute atomic E-state index is 13.3. The van der Waals surface area contributed by atoms with Crippen LogP contribution in [0.25, 0.3) is 0 Å². The first kappa shape index (κ1) is 22.4. The lowest BCUT2D eigenvalue weighted by Crippen LogP contribution is -2.52. The third-order valence-corrected chi connectivity index (χ3v) is 5.44. The molecule has 0 bridgehead atoms. The van der Waals surface area contributed by atoms with E-state index in [4.69, 9.17) is 23.2 Å². The average Bonchev–Trinajstić information content (AvgIpc) is 2.72. The van der Waals surface area contributed by atoms with Crippen LogP contribution < -0.4 is 10.2 Å². The topological polar surface area (TPSA) is 65.5 Å². The molecular formula is C22H26Cl2N4O2. The molecule has 160 valence electrons. The normalized spacial score (nSPS) is 15.2. The number of pyridine rings is 1. The largest absolute Gasteiger partial charge is 0.352 e. The number of hydrogen-bond acceptors (Lipinski definition) is 4. The summed E-state index contributed by atoms with van der Waals surface area (Å²) in [5.41, 5.74) is 0.782. The molecule has 1 N–H and O–H groups in total. The van der Waals surface area contributed by atoms with Crippen LogP contribution in [0, 0.1) is 5.92 Å². The van der Waals surface area contributed by atoms with Gasteiger partial charge in [0.15, 0.2) is 0 Å². The predicted octanol–water partition coefficient (Wildman–Crippen LogP) is 3.94. The Hall–Kier alpha value is -2.31. The molecule has 2 heterocycles. The number of carbonyl (C=O) groups excluding carboxylic acids is 2. The zero-order chi connectivity index (χ0) is 21.7. The highest BCUT2D eigenvalue weighted by Crippen LogP contribution is 2.27. The van der Waals surface area contributed by atoms with Gasteiger partial charge in [-0.15, -0.1) is 0 Å². The molecule has 1 atom stereocenters. The van der Waals surface area contributed by atoms with Gasteiger partial charge in [0.2, 0.25) is 11.8 Å². The van der Waals surface area contributed by atoms with E-state index >= 15 is 0 Å². The number of piperazine rings is 1. The van der Waals surface area contributed by atoms with Crippen molar-refractivity contribution in [1.29, 1.82) is 0 Å². The fourth-order valence-corrected chi connectivity index (χ4v) is 3.98. The number of rotatable bonds is 6. The van der Waals surface area contributed by atoms with Crippen LogP contribution in [-0.2, 0) is 9.59 Å². The molecule has 1 fully saturated rings. The van der Waals surface area contributed by atoms with E-state index in [9.17, 15) is 9.59 Å². The van der Waals surface area contributed by atoms with Crippen molar-refractivity contribution >= 4 is 40.8 Å². The monoisotopic (exact) mass is 448 g/mol. The van der Waals surface area contributed by atoms with Crippen molar-refractivity contribution in [3.05, 3.63) is 58.2 Å². The van der Waals surface area contributed by atoms with Gasteiger partial charge in [-0.2, -0.15) is 0 Å². The van der Waals surface area contributed by atoms with Crippen LogP contribution in [0.15, 0.2) is 42.6 Å². The zero-order valence-electron chi connectivity index (χ0n) is 17.1. The Balaban J connectivity index is 1.70. The van der Waals surface area contributed by atoms with E-state index < -0.39 is 6.04 Å². The number of aromatic nitrogens is 1. The summed E-state index contributed by atoms with van der Waals surface area (Å²) in [4.78, 5) is 33.9. The second-order valence-electron chi connectivity index (χ2n) is 7.78. The van der Waals surface area contributed by atoms with Crippen molar-refractivity contribution in [2.24, 2.45) is 5.92 Å². The summed E-state index contributed by atoms with van der Waals surface area (Å²) in [5, 5.41) is 3.91. The Bertz CT molecular complexity index is 884. The highest BCUT2D eigenvalue weighted by Gasteiger charge is 2.30. The molecule has 30 heavy (non-hydrogen) atoms. The molecule has 2 aromatic rings. The van der Waals surface area contributed by atoms with Crippen LogP contribution in [0.4, 0.5) is 5.82 Å². The number of anilines is 1. The smallest absolute Gasteiger partial charge is 0.249 e. The quantitative estimate of drug-likeness (QED) is 0.726. The fourth-order valence-electron chi connectivity index (χ4n) is 3.49. The van der Waals surface area contributed by atoms with Crippen molar-refractivity contribution in [2.45, 2.75) is 26.3 Å². The van der Waals surface area contributed by atoms with Gasteiger partial charge in [0.1, 0.15) is 11.9 Å². The maximum atomic E-state index is 13.3. The van der Waals surface area contributed by atoms with Gasteiger partial charge in [0.25, 0.3) is 0 Å². The number of carbonyl (C=O) groups is 2. The molecule has 1 aliphatic rings. The summed E-state index contributed by atoms with van der Waals surface area (Å²) in [6, 6.07) is 10.3. The minimum absolute atomic E-state index is 0.104. The van der Waals surface area contributed by atoms with Crippen molar-refractivity contribution in [1.82, 2.24) is 15.2 Å². The first-order chi connectivity index (χ1) is 14.3. The molecule has 0 saturated carbocycles. The van der Waals surface area contributed by atoms with Gasteiger partial charge >= 0.3 is 0 Å². The molecule has 1 saturated heterocycles. The Kier molecular flexibility index (Phi) is 7.56. The molecule has 3 rings (SSSR count). The lowest BCUT2D eigenvalue weighted by Gasteiger charge is -2.37. The lowest BCUT2D eigenvalue weighted by molar-refractivity contribution is -0.137. The Labute approximate surface area is 187 Å². The molecule has 0 spiro atoms. The lowest BCUT2D eigenvalue weighted by atomic mass is 10.0. The SMILES string of the molecule is CC(C)CC(=O)NC(C(=O)N1CCN(c2ncc(Cl)cc2Cl)CC1)c1ccccc1. The van der Waals surface area contributed by atoms with Crippen LogP contribution in [0.3, 0.4) is 0 Å².